The maximum absolute atomic E-state index is 12.8. The van der Waals surface area contributed by atoms with E-state index in [0.29, 0.717) is 63.8 Å². The first-order valence-corrected chi connectivity index (χ1v) is 12.4. The van der Waals surface area contributed by atoms with Crippen LogP contribution in [0.1, 0.15) is 19.4 Å². The standard InChI is InChI=1S/C22H33N5O3S/c1-18(2)21(16-23)25-10-12-26(13-11-25)22(28)17-24-8-14-27(15-9-24)31(29,30)20-6-4-19(3)5-7-20/h4-7,18,21H,8-15,17H2,1-3H3. The Labute approximate surface area is 186 Å². The van der Waals surface area contributed by atoms with Gasteiger partial charge in [0.25, 0.3) is 0 Å². The Kier molecular flexibility index (Phi) is 7.70. The molecule has 1 atom stereocenters. The molecule has 1 amide bonds. The van der Waals surface area contributed by atoms with E-state index in [0.717, 1.165) is 5.56 Å². The van der Waals surface area contributed by atoms with Crippen molar-refractivity contribution in [2.45, 2.75) is 31.7 Å². The van der Waals surface area contributed by atoms with Crippen LogP contribution in [0.5, 0.6) is 0 Å². The summed E-state index contributed by atoms with van der Waals surface area (Å²) in [5.74, 6) is 0.340. The lowest BCUT2D eigenvalue weighted by Gasteiger charge is -2.39. The predicted molar refractivity (Wildman–Crippen MR) is 119 cm³/mol. The van der Waals surface area contributed by atoms with Crippen LogP contribution in [0.25, 0.3) is 0 Å². The molecular weight excluding hydrogens is 414 g/mol. The second-order valence-electron chi connectivity index (χ2n) is 8.73. The lowest BCUT2D eigenvalue weighted by molar-refractivity contribution is -0.134. The minimum Gasteiger partial charge on any atom is -0.339 e. The Hall–Kier alpha value is -1.99. The summed E-state index contributed by atoms with van der Waals surface area (Å²) in [6, 6.07) is 9.17. The first-order valence-electron chi connectivity index (χ1n) is 10.9. The van der Waals surface area contributed by atoms with Crippen molar-refractivity contribution in [2.75, 3.05) is 58.9 Å². The van der Waals surface area contributed by atoms with Crippen LogP contribution in [0.2, 0.25) is 0 Å². The van der Waals surface area contributed by atoms with Gasteiger partial charge in [0.2, 0.25) is 15.9 Å². The number of amides is 1. The van der Waals surface area contributed by atoms with Gasteiger partial charge in [-0.1, -0.05) is 31.5 Å². The van der Waals surface area contributed by atoms with Crippen LogP contribution in [0.3, 0.4) is 0 Å². The Bertz CT molecular complexity index is 894. The van der Waals surface area contributed by atoms with Gasteiger partial charge in [0.15, 0.2) is 0 Å². The first kappa shape index (κ1) is 23.7. The van der Waals surface area contributed by atoms with Crippen molar-refractivity contribution >= 4 is 15.9 Å². The maximum Gasteiger partial charge on any atom is 0.243 e. The number of hydrogen-bond acceptors (Lipinski definition) is 6. The second-order valence-corrected chi connectivity index (χ2v) is 10.7. The van der Waals surface area contributed by atoms with Gasteiger partial charge in [-0.3, -0.25) is 14.6 Å². The quantitative estimate of drug-likeness (QED) is 0.646. The van der Waals surface area contributed by atoms with Gasteiger partial charge in [-0.15, -0.1) is 0 Å². The summed E-state index contributed by atoms with van der Waals surface area (Å²) in [5, 5.41) is 9.38. The Morgan fingerprint density at radius 3 is 2.10 bits per heavy atom. The van der Waals surface area contributed by atoms with Gasteiger partial charge in [-0.25, -0.2) is 8.42 Å². The van der Waals surface area contributed by atoms with Gasteiger partial charge in [-0.2, -0.15) is 9.57 Å². The Balaban J connectivity index is 1.47. The first-order chi connectivity index (χ1) is 14.7. The van der Waals surface area contributed by atoms with Crippen molar-refractivity contribution in [1.29, 1.82) is 5.26 Å². The van der Waals surface area contributed by atoms with Gasteiger partial charge in [-0.05, 0) is 25.0 Å². The van der Waals surface area contributed by atoms with E-state index in [-0.39, 0.29) is 17.9 Å². The fourth-order valence-electron chi connectivity index (χ4n) is 4.18. The third-order valence-electron chi connectivity index (χ3n) is 6.17. The van der Waals surface area contributed by atoms with Crippen LogP contribution < -0.4 is 0 Å². The van der Waals surface area contributed by atoms with E-state index in [2.05, 4.69) is 11.0 Å². The second kappa shape index (κ2) is 10.1. The van der Waals surface area contributed by atoms with Crippen molar-refractivity contribution in [3.63, 3.8) is 0 Å². The Morgan fingerprint density at radius 2 is 1.58 bits per heavy atom. The van der Waals surface area contributed by atoms with Crippen LogP contribution in [-0.4, -0.2) is 98.3 Å². The molecule has 1 aromatic rings. The molecule has 1 unspecified atom stereocenters. The molecule has 2 aliphatic rings. The summed E-state index contributed by atoms with van der Waals surface area (Å²) in [7, 11) is -3.50. The molecule has 0 spiro atoms. The zero-order valence-electron chi connectivity index (χ0n) is 18.7. The molecule has 0 radical (unpaired) electrons. The molecule has 170 valence electrons. The van der Waals surface area contributed by atoms with Crippen LogP contribution in [0.4, 0.5) is 0 Å². The highest BCUT2D eigenvalue weighted by Gasteiger charge is 2.31. The summed E-state index contributed by atoms with van der Waals surface area (Å²) in [4.78, 5) is 19.1. The average Bonchev–Trinajstić information content (AvgIpc) is 2.75. The topological polar surface area (TPSA) is 88.0 Å². The molecule has 0 bridgehead atoms. The highest BCUT2D eigenvalue weighted by atomic mass is 32.2. The largest absolute Gasteiger partial charge is 0.339 e. The molecule has 0 aliphatic carbocycles. The summed E-state index contributed by atoms with van der Waals surface area (Å²) in [6.07, 6.45) is 0. The number of aryl methyl sites for hydroxylation is 1. The minimum atomic E-state index is -3.50. The zero-order valence-corrected chi connectivity index (χ0v) is 19.5. The molecule has 2 aliphatic heterocycles. The highest BCUT2D eigenvalue weighted by molar-refractivity contribution is 7.89. The number of benzene rings is 1. The molecule has 31 heavy (non-hydrogen) atoms. The van der Waals surface area contributed by atoms with E-state index in [9.17, 15) is 18.5 Å². The summed E-state index contributed by atoms with van der Waals surface area (Å²) >= 11 is 0. The summed E-state index contributed by atoms with van der Waals surface area (Å²) in [5.41, 5.74) is 1.02. The van der Waals surface area contributed by atoms with Crippen molar-refractivity contribution in [3.8, 4) is 6.07 Å². The maximum atomic E-state index is 12.8. The number of sulfonamides is 1. The van der Waals surface area contributed by atoms with Gasteiger partial charge >= 0.3 is 0 Å². The number of carbonyl (C=O) groups excluding carboxylic acids is 1. The van der Waals surface area contributed by atoms with Crippen molar-refractivity contribution in [2.24, 2.45) is 5.92 Å². The lowest BCUT2D eigenvalue weighted by Crippen LogP contribution is -2.56. The van der Waals surface area contributed by atoms with Crippen molar-refractivity contribution in [3.05, 3.63) is 29.8 Å². The van der Waals surface area contributed by atoms with E-state index in [4.69, 9.17) is 0 Å². The minimum absolute atomic E-state index is 0.0764. The van der Waals surface area contributed by atoms with E-state index >= 15 is 0 Å². The van der Waals surface area contributed by atoms with E-state index in [1.165, 1.54) is 4.31 Å². The van der Waals surface area contributed by atoms with Crippen molar-refractivity contribution < 1.29 is 13.2 Å². The van der Waals surface area contributed by atoms with Gasteiger partial charge in [0, 0.05) is 52.4 Å². The van der Waals surface area contributed by atoms with Crippen LogP contribution in [0.15, 0.2) is 29.2 Å². The summed E-state index contributed by atoms with van der Waals surface area (Å²) < 4.78 is 27.2. The molecule has 9 heteroatoms. The number of nitriles is 1. The van der Waals surface area contributed by atoms with Crippen LogP contribution >= 0.6 is 0 Å². The number of carbonyl (C=O) groups is 1. The molecule has 3 rings (SSSR count). The van der Waals surface area contributed by atoms with Crippen LogP contribution in [0, 0.1) is 24.2 Å². The molecule has 8 nitrogen and oxygen atoms in total. The van der Waals surface area contributed by atoms with E-state index in [1.807, 2.05) is 42.7 Å². The SMILES string of the molecule is Cc1ccc(S(=O)(=O)N2CCN(CC(=O)N3CCN(C(C#N)C(C)C)CC3)CC2)cc1. The lowest BCUT2D eigenvalue weighted by atomic mass is 10.0. The van der Waals surface area contributed by atoms with Crippen LogP contribution in [-0.2, 0) is 14.8 Å². The molecule has 0 saturated carbocycles. The molecule has 0 aromatic heterocycles. The average molecular weight is 448 g/mol. The predicted octanol–water partition coefficient (Wildman–Crippen LogP) is 0.994. The number of piperazine rings is 2. The third-order valence-corrected chi connectivity index (χ3v) is 8.09. The fourth-order valence-corrected chi connectivity index (χ4v) is 5.60. The smallest absolute Gasteiger partial charge is 0.243 e. The number of hydrogen-bond donors (Lipinski definition) is 0. The van der Waals surface area contributed by atoms with E-state index < -0.39 is 10.0 Å². The normalized spacial score (nSPS) is 20.5. The molecule has 2 fully saturated rings. The van der Waals surface area contributed by atoms with Crippen molar-refractivity contribution in [1.82, 2.24) is 19.0 Å². The van der Waals surface area contributed by atoms with Gasteiger partial charge < -0.3 is 4.90 Å². The van der Waals surface area contributed by atoms with Gasteiger partial charge in [0.1, 0.15) is 6.04 Å². The molecule has 0 N–H and O–H groups in total. The Morgan fingerprint density at radius 1 is 1.00 bits per heavy atom. The molecule has 2 heterocycles. The highest BCUT2D eigenvalue weighted by Crippen LogP contribution is 2.18. The van der Waals surface area contributed by atoms with Gasteiger partial charge in [0.05, 0.1) is 17.5 Å². The van der Waals surface area contributed by atoms with E-state index in [1.54, 1.807) is 12.1 Å². The number of nitrogens with zero attached hydrogens (tertiary/aromatic N) is 5. The third kappa shape index (κ3) is 5.63. The fraction of sp³-hybridized carbons (Fsp3) is 0.636. The summed E-state index contributed by atoms with van der Waals surface area (Å²) in [6.45, 7) is 10.9. The monoisotopic (exact) mass is 447 g/mol. The molecule has 2 saturated heterocycles. The zero-order chi connectivity index (χ0) is 22.6. The number of rotatable bonds is 6. The molecule has 1 aromatic carbocycles. The molecular formula is C22H33N5O3S.